The SMILES string of the molecule is O=C1/C(=C\c2ccncc2)SC(=S)N1c1cccc2ccccc12. The van der Waals surface area contributed by atoms with Crippen molar-refractivity contribution in [2.75, 3.05) is 4.90 Å². The monoisotopic (exact) mass is 348 g/mol. The third kappa shape index (κ3) is 2.62. The summed E-state index contributed by atoms with van der Waals surface area (Å²) in [5.74, 6) is -0.0850. The molecule has 5 heteroatoms. The lowest BCUT2D eigenvalue weighted by Crippen LogP contribution is -2.27. The lowest BCUT2D eigenvalue weighted by Gasteiger charge is -2.17. The number of thiocarbonyl (C=S) groups is 1. The standard InChI is InChI=1S/C19H12N2OS2/c22-18-17(12-13-8-10-20-11-9-13)24-19(23)21(18)16-7-3-5-14-4-1-2-6-15(14)16/h1-12H/b17-12+. The van der Waals surface area contributed by atoms with Gasteiger partial charge in [0, 0.05) is 17.8 Å². The lowest BCUT2D eigenvalue weighted by atomic mass is 10.1. The summed E-state index contributed by atoms with van der Waals surface area (Å²) in [7, 11) is 0. The van der Waals surface area contributed by atoms with Crippen LogP contribution in [0.5, 0.6) is 0 Å². The van der Waals surface area contributed by atoms with Crippen LogP contribution in [0.3, 0.4) is 0 Å². The first kappa shape index (κ1) is 15.1. The Kier molecular flexibility index (Phi) is 3.88. The molecular formula is C19H12N2OS2. The third-order valence-electron chi connectivity index (χ3n) is 3.81. The molecule has 0 saturated carbocycles. The zero-order chi connectivity index (χ0) is 16.5. The molecule has 0 atom stereocenters. The molecule has 4 rings (SSSR count). The molecule has 1 saturated heterocycles. The van der Waals surface area contributed by atoms with E-state index in [1.54, 1.807) is 17.3 Å². The average Bonchev–Trinajstić information content (AvgIpc) is 2.89. The molecule has 0 spiro atoms. The highest BCUT2D eigenvalue weighted by molar-refractivity contribution is 8.27. The number of nitrogens with zero attached hydrogens (tertiary/aromatic N) is 2. The largest absolute Gasteiger partial charge is 0.270 e. The number of aromatic nitrogens is 1. The van der Waals surface area contributed by atoms with Gasteiger partial charge in [0.1, 0.15) is 0 Å². The highest BCUT2D eigenvalue weighted by Crippen LogP contribution is 2.38. The van der Waals surface area contributed by atoms with Gasteiger partial charge < -0.3 is 0 Å². The fourth-order valence-corrected chi connectivity index (χ4v) is 3.97. The van der Waals surface area contributed by atoms with Crippen LogP contribution in [0.25, 0.3) is 16.8 Å². The lowest BCUT2D eigenvalue weighted by molar-refractivity contribution is -0.113. The van der Waals surface area contributed by atoms with E-state index in [-0.39, 0.29) is 5.91 Å². The number of hydrogen-bond donors (Lipinski definition) is 0. The second-order valence-corrected chi connectivity index (χ2v) is 6.97. The Morgan fingerprint density at radius 1 is 1.00 bits per heavy atom. The van der Waals surface area contributed by atoms with E-state index in [4.69, 9.17) is 12.2 Å². The van der Waals surface area contributed by atoms with Crippen molar-refractivity contribution in [3.63, 3.8) is 0 Å². The first-order chi connectivity index (χ1) is 11.7. The maximum absolute atomic E-state index is 12.9. The van der Waals surface area contributed by atoms with Gasteiger partial charge in [-0.3, -0.25) is 14.7 Å². The number of rotatable bonds is 2. The Hall–Kier alpha value is -2.50. The topological polar surface area (TPSA) is 33.2 Å². The van der Waals surface area contributed by atoms with Gasteiger partial charge in [-0.15, -0.1) is 0 Å². The predicted molar refractivity (Wildman–Crippen MR) is 104 cm³/mol. The van der Waals surface area contributed by atoms with Crippen LogP contribution >= 0.6 is 24.0 Å². The summed E-state index contributed by atoms with van der Waals surface area (Å²) >= 11 is 6.80. The van der Waals surface area contributed by atoms with Gasteiger partial charge in [0.15, 0.2) is 4.32 Å². The first-order valence-electron chi connectivity index (χ1n) is 7.40. The number of pyridine rings is 1. The molecule has 1 amide bonds. The van der Waals surface area contributed by atoms with E-state index in [1.165, 1.54) is 11.8 Å². The van der Waals surface area contributed by atoms with Gasteiger partial charge in [-0.05, 0) is 35.2 Å². The molecule has 24 heavy (non-hydrogen) atoms. The van der Waals surface area contributed by atoms with Gasteiger partial charge in [0.2, 0.25) is 0 Å². The average molecular weight is 348 g/mol. The van der Waals surface area contributed by atoms with Crippen molar-refractivity contribution in [3.05, 3.63) is 77.5 Å². The molecule has 1 fully saturated rings. The maximum Gasteiger partial charge on any atom is 0.270 e. The smallest absolute Gasteiger partial charge is 0.268 e. The summed E-state index contributed by atoms with van der Waals surface area (Å²) in [5, 5.41) is 2.10. The Morgan fingerprint density at radius 3 is 2.58 bits per heavy atom. The molecule has 0 bridgehead atoms. The van der Waals surface area contributed by atoms with Crippen molar-refractivity contribution in [1.82, 2.24) is 4.98 Å². The van der Waals surface area contributed by atoms with Crippen LogP contribution in [-0.4, -0.2) is 15.2 Å². The molecule has 0 aliphatic carbocycles. The van der Waals surface area contributed by atoms with Gasteiger partial charge in [0.05, 0.1) is 10.6 Å². The summed E-state index contributed by atoms with van der Waals surface area (Å²) in [6.07, 6.45) is 5.26. The van der Waals surface area contributed by atoms with Crippen LogP contribution in [0.1, 0.15) is 5.56 Å². The fourth-order valence-electron chi connectivity index (χ4n) is 2.69. The zero-order valence-electron chi connectivity index (χ0n) is 12.5. The number of hydrogen-bond acceptors (Lipinski definition) is 4. The van der Waals surface area contributed by atoms with Crippen LogP contribution in [0.15, 0.2) is 71.9 Å². The molecule has 1 aliphatic rings. The number of benzene rings is 2. The van der Waals surface area contributed by atoms with Crippen molar-refractivity contribution in [2.24, 2.45) is 0 Å². The quantitative estimate of drug-likeness (QED) is 0.499. The minimum atomic E-state index is -0.0850. The van der Waals surface area contributed by atoms with Gasteiger partial charge >= 0.3 is 0 Å². The normalized spacial score (nSPS) is 16.3. The van der Waals surface area contributed by atoms with Crippen LogP contribution < -0.4 is 4.90 Å². The van der Waals surface area contributed by atoms with Crippen molar-refractivity contribution in [3.8, 4) is 0 Å². The highest BCUT2D eigenvalue weighted by Gasteiger charge is 2.34. The second kappa shape index (κ2) is 6.19. The number of carbonyl (C=O) groups excluding carboxylic acids is 1. The number of thioether (sulfide) groups is 1. The second-order valence-electron chi connectivity index (χ2n) is 5.30. The molecule has 1 aliphatic heterocycles. The molecule has 3 nitrogen and oxygen atoms in total. The number of amides is 1. The Labute approximate surface area is 149 Å². The predicted octanol–water partition coefficient (Wildman–Crippen LogP) is 4.64. The summed E-state index contributed by atoms with van der Waals surface area (Å²) in [6.45, 7) is 0. The minimum absolute atomic E-state index is 0.0850. The Balaban J connectivity index is 1.78. The molecule has 2 heterocycles. The van der Waals surface area contributed by atoms with E-state index < -0.39 is 0 Å². The first-order valence-corrected chi connectivity index (χ1v) is 8.62. The summed E-state index contributed by atoms with van der Waals surface area (Å²) < 4.78 is 0.552. The highest BCUT2D eigenvalue weighted by atomic mass is 32.2. The Bertz CT molecular complexity index is 978. The molecule has 1 aromatic heterocycles. The molecule has 116 valence electrons. The van der Waals surface area contributed by atoms with Gasteiger partial charge in [-0.25, -0.2) is 0 Å². The van der Waals surface area contributed by atoms with Crippen LogP contribution in [-0.2, 0) is 4.79 Å². The van der Waals surface area contributed by atoms with Crippen LogP contribution in [0.2, 0.25) is 0 Å². The molecular weight excluding hydrogens is 336 g/mol. The molecule has 0 radical (unpaired) electrons. The summed E-state index contributed by atoms with van der Waals surface area (Å²) in [5.41, 5.74) is 1.76. The van der Waals surface area contributed by atoms with E-state index in [0.29, 0.717) is 9.23 Å². The van der Waals surface area contributed by atoms with Crippen molar-refractivity contribution >= 4 is 56.7 Å². The molecule has 3 aromatic rings. The molecule has 0 unspecified atom stereocenters. The number of carbonyl (C=O) groups is 1. The summed E-state index contributed by atoms with van der Waals surface area (Å²) in [4.78, 5) is 19.1. The molecule has 2 aromatic carbocycles. The zero-order valence-corrected chi connectivity index (χ0v) is 14.2. The van der Waals surface area contributed by atoms with E-state index in [0.717, 1.165) is 22.0 Å². The minimum Gasteiger partial charge on any atom is -0.268 e. The van der Waals surface area contributed by atoms with Crippen molar-refractivity contribution < 1.29 is 4.79 Å². The fraction of sp³-hybridized carbons (Fsp3) is 0. The Morgan fingerprint density at radius 2 is 1.75 bits per heavy atom. The number of fused-ring (bicyclic) bond motifs is 1. The van der Waals surface area contributed by atoms with Crippen molar-refractivity contribution in [2.45, 2.75) is 0 Å². The van der Waals surface area contributed by atoms with E-state index >= 15 is 0 Å². The maximum atomic E-state index is 12.9. The van der Waals surface area contributed by atoms with Gasteiger partial charge in [-0.2, -0.15) is 0 Å². The summed E-state index contributed by atoms with van der Waals surface area (Å²) in [6, 6.07) is 17.6. The van der Waals surface area contributed by atoms with Crippen molar-refractivity contribution in [1.29, 1.82) is 0 Å². The number of anilines is 1. The van der Waals surface area contributed by atoms with E-state index in [2.05, 4.69) is 4.98 Å². The van der Waals surface area contributed by atoms with Gasteiger partial charge in [0.25, 0.3) is 5.91 Å². The van der Waals surface area contributed by atoms with E-state index in [1.807, 2.05) is 60.7 Å². The van der Waals surface area contributed by atoms with Crippen LogP contribution in [0.4, 0.5) is 5.69 Å². The van der Waals surface area contributed by atoms with Crippen LogP contribution in [0, 0.1) is 0 Å². The van der Waals surface area contributed by atoms with E-state index in [9.17, 15) is 4.79 Å². The molecule has 0 N–H and O–H groups in total. The third-order valence-corrected chi connectivity index (χ3v) is 5.11. The van der Waals surface area contributed by atoms with Gasteiger partial charge in [-0.1, -0.05) is 60.4 Å².